The van der Waals surface area contributed by atoms with Gasteiger partial charge < -0.3 is 10.1 Å². The molecule has 1 atom stereocenters. The van der Waals surface area contributed by atoms with Gasteiger partial charge in [0.15, 0.2) is 0 Å². The lowest BCUT2D eigenvalue weighted by molar-refractivity contribution is -0.141. The molecule has 1 aliphatic carbocycles. The lowest BCUT2D eigenvalue weighted by atomic mass is 9.82. The number of hydrogen-bond donors (Lipinski definition) is 1. The minimum Gasteiger partial charge on any atom is -0.469 e. The summed E-state index contributed by atoms with van der Waals surface area (Å²) in [6.07, 6.45) is 8.67. The molecule has 5 nitrogen and oxygen atoms in total. The van der Waals surface area contributed by atoms with Gasteiger partial charge in [-0.15, -0.1) is 0 Å². The number of hydrogen-bond acceptors (Lipinski definition) is 4. The second-order valence-corrected chi connectivity index (χ2v) is 6.02. The van der Waals surface area contributed by atoms with E-state index in [2.05, 4.69) is 10.3 Å². The van der Waals surface area contributed by atoms with Crippen LogP contribution in [0, 0.1) is 5.92 Å². The molecule has 0 aliphatic heterocycles. The van der Waals surface area contributed by atoms with Crippen molar-refractivity contribution >= 4 is 23.5 Å². The molecule has 1 aromatic heterocycles. The van der Waals surface area contributed by atoms with E-state index in [0.717, 1.165) is 25.7 Å². The lowest BCUT2D eigenvalue weighted by Crippen LogP contribution is -2.42. The number of nitrogens with zero attached hydrogens (tertiary/aromatic N) is 1. The Hall–Kier alpha value is -1.62. The zero-order valence-corrected chi connectivity index (χ0v) is 13.4. The minimum atomic E-state index is -0.309. The first-order valence-corrected chi connectivity index (χ1v) is 7.96. The van der Waals surface area contributed by atoms with E-state index in [1.807, 2.05) is 0 Å². The number of nitrogens with one attached hydrogen (secondary N) is 1. The number of esters is 1. The van der Waals surface area contributed by atoms with E-state index in [1.165, 1.54) is 25.9 Å². The largest absolute Gasteiger partial charge is 0.469 e. The van der Waals surface area contributed by atoms with Crippen LogP contribution < -0.4 is 5.32 Å². The number of methoxy groups -OCH3 is 1. The van der Waals surface area contributed by atoms with Crippen molar-refractivity contribution in [2.24, 2.45) is 5.92 Å². The number of halogens is 1. The van der Waals surface area contributed by atoms with Gasteiger partial charge in [-0.1, -0.05) is 30.9 Å². The van der Waals surface area contributed by atoms with Crippen molar-refractivity contribution in [3.63, 3.8) is 0 Å². The van der Waals surface area contributed by atoms with Gasteiger partial charge in [0.1, 0.15) is 0 Å². The van der Waals surface area contributed by atoms with Gasteiger partial charge in [0.2, 0.25) is 0 Å². The third kappa shape index (κ3) is 4.44. The Morgan fingerprint density at radius 3 is 2.77 bits per heavy atom. The van der Waals surface area contributed by atoms with E-state index in [-0.39, 0.29) is 24.3 Å². The standard InChI is InChI=1S/C16H21ClN2O3/c1-22-15(20)9-14(11-5-3-2-4-6-11)19-16(21)12-7-8-18-10-13(12)17/h7-8,10-11,14H,2-6,9H2,1H3,(H,19,21)/t14-/m1/s1. The first kappa shape index (κ1) is 16.7. The average molecular weight is 325 g/mol. The van der Waals surface area contributed by atoms with E-state index in [9.17, 15) is 9.59 Å². The second kappa shape index (κ2) is 8.13. The molecule has 1 N–H and O–H groups in total. The highest BCUT2D eigenvalue weighted by molar-refractivity contribution is 6.33. The van der Waals surface area contributed by atoms with Crippen molar-refractivity contribution in [1.29, 1.82) is 0 Å². The molecule has 6 heteroatoms. The third-order valence-corrected chi connectivity index (χ3v) is 4.47. The maximum Gasteiger partial charge on any atom is 0.307 e. The number of aromatic nitrogens is 1. The van der Waals surface area contributed by atoms with Gasteiger partial charge in [0, 0.05) is 18.4 Å². The number of carbonyl (C=O) groups excluding carboxylic acids is 2. The molecule has 1 fully saturated rings. The van der Waals surface area contributed by atoms with Crippen LogP contribution >= 0.6 is 11.6 Å². The molecule has 1 amide bonds. The van der Waals surface area contributed by atoms with Crippen molar-refractivity contribution in [3.8, 4) is 0 Å². The van der Waals surface area contributed by atoms with E-state index in [0.29, 0.717) is 16.5 Å². The zero-order chi connectivity index (χ0) is 15.9. The molecule has 0 bridgehead atoms. The number of amides is 1. The third-order valence-electron chi connectivity index (χ3n) is 4.17. The van der Waals surface area contributed by atoms with Crippen LogP contribution in [0.25, 0.3) is 0 Å². The molecular weight excluding hydrogens is 304 g/mol. The summed E-state index contributed by atoms with van der Waals surface area (Å²) in [6, 6.07) is 1.36. The second-order valence-electron chi connectivity index (χ2n) is 5.61. The van der Waals surface area contributed by atoms with Crippen LogP contribution in [0.2, 0.25) is 5.02 Å². The predicted octanol–water partition coefficient (Wildman–Crippen LogP) is 2.98. The summed E-state index contributed by atoms with van der Waals surface area (Å²) in [7, 11) is 1.36. The lowest BCUT2D eigenvalue weighted by Gasteiger charge is -2.30. The smallest absolute Gasteiger partial charge is 0.307 e. The molecule has 2 rings (SSSR count). The molecule has 0 unspecified atom stereocenters. The SMILES string of the molecule is COC(=O)C[C@@H](NC(=O)c1ccncc1Cl)C1CCCCC1. The Kier molecular flexibility index (Phi) is 6.19. The van der Waals surface area contributed by atoms with Crippen LogP contribution in [-0.2, 0) is 9.53 Å². The number of ether oxygens (including phenoxy) is 1. The highest BCUT2D eigenvalue weighted by atomic mass is 35.5. The summed E-state index contributed by atoms with van der Waals surface area (Å²) in [5.41, 5.74) is 0.377. The van der Waals surface area contributed by atoms with Gasteiger partial charge in [0.25, 0.3) is 5.91 Å². The maximum atomic E-state index is 12.4. The quantitative estimate of drug-likeness (QED) is 0.845. The Balaban J connectivity index is 2.09. The van der Waals surface area contributed by atoms with E-state index in [1.54, 1.807) is 6.07 Å². The summed E-state index contributed by atoms with van der Waals surface area (Å²) in [5, 5.41) is 3.26. The number of pyridine rings is 1. The zero-order valence-electron chi connectivity index (χ0n) is 12.7. The highest BCUT2D eigenvalue weighted by Crippen LogP contribution is 2.28. The molecular formula is C16H21ClN2O3. The molecule has 1 aliphatic rings. The van der Waals surface area contributed by atoms with E-state index >= 15 is 0 Å². The van der Waals surface area contributed by atoms with Gasteiger partial charge in [-0.25, -0.2) is 0 Å². The van der Waals surface area contributed by atoms with Crippen molar-refractivity contribution in [1.82, 2.24) is 10.3 Å². The number of rotatable bonds is 5. The Morgan fingerprint density at radius 2 is 2.14 bits per heavy atom. The molecule has 1 heterocycles. The first-order chi connectivity index (χ1) is 10.6. The van der Waals surface area contributed by atoms with Gasteiger partial charge in [-0.2, -0.15) is 0 Å². The number of carbonyl (C=O) groups is 2. The van der Waals surface area contributed by atoms with Crippen molar-refractivity contribution in [2.45, 2.75) is 44.6 Å². The monoisotopic (exact) mass is 324 g/mol. The summed E-state index contributed by atoms with van der Waals surface area (Å²) in [5.74, 6) is -0.277. The minimum absolute atomic E-state index is 0.190. The van der Waals surface area contributed by atoms with Crippen molar-refractivity contribution in [3.05, 3.63) is 29.0 Å². The van der Waals surface area contributed by atoms with Gasteiger partial charge in [0.05, 0.1) is 24.1 Å². The van der Waals surface area contributed by atoms with E-state index in [4.69, 9.17) is 16.3 Å². The van der Waals surface area contributed by atoms with Crippen LogP contribution in [0.15, 0.2) is 18.5 Å². The normalized spacial score (nSPS) is 16.8. The van der Waals surface area contributed by atoms with E-state index < -0.39 is 0 Å². The van der Waals surface area contributed by atoms with Gasteiger partial charge >= 0.3 is 5.97 Å². The Bertz CT molecular complexity index is 530. The summed E-state index contributed by atoms with van der Waals surface area (Å²) < 4.78 is 4.76. The summed E-state index contributed by atoms with van der Waals surface area (Å²) >= 11 is 6.01. The van der Waals surface area contributed by atoms with Crippen molar-refractivity contribution < 1.29 is 14.3 Å². The van der Waals surface area contributed by atoms with Gasteiger partial charge in [-0.3, -0.25) is 14.6 Å². The van der Waals surface area contributed by atoms with Crippen LogP contribution in [-0.4, -0.2) is 30.0 Å². The Labute approximate surface area is 135 Å². The molecule has 1 saturated carbocycles. The molecule has 0 saturated heterocycles. The summed E-state index contributed by atoms with van der Waals surface area (Å²) in [4.78, 5) is 27.9. The average Bonchev–Trinajstić information content (AvgIpc) is 2.55. The summed E-state index contributed by atoms with van der Waals surface area (Å²) in [6.45, 7) is 0. The molecule has 120 valence electrons. The van der Waals surface area contributed by atoms with Crippen molar-refractivity contribution in [2.75, 3.05) is 7.11 Å². The Morgan fingerprint density at radius 1 is 1.41 bits per heavy atom. The first-order valence-electron chi connectivity index (χ1n) is 7.59. The molecule has 0 spiro atoms. The van der Waals surface area contributed by atoms with Gasteiger partial charge in [-0.05, 0) is 24.8 Å². The highest BCUT2D eigenvalue weighted by Gasteiger charge is 2.28. The van der Waals surface area contributed by atoms with Crippen LogP contribution in [0.1, 0.15) is 48.9 Å². The molecule has 22 heavy (non-hydrogen) atoms. The molecule has 1 aromatic rings. The van der Waals surface area contributed by atoms with Crippen LogP contribution in [0.5, 0.6) is 0 Å². The maximum absolute atomic E-state index is 12.4. The van der Waals surface area contributed by atoms with Crippen LogP contribution in [0.3, 0.4) is 0 Å². The predicted molar refractivity (Wildman–Crippen MR) is 83.7 cm³/mol. The fraction of sp³-hybridized carbons (Fsp3) is 0.562. The topological polar surface area (TPSA) is 68.3 Å². The fourth-order valence-electron chi connectivity index (χ4n) is 2.94. The van der Waals surface area contributed by atoms with Crippen LogP contribution in [0.4, 0.5) is 0 Å². The molecule has 0 aromatic carbocycles. The molecule has 0 radical (unpaired) electrons. The fourth-order valence-corrected chi connectivity index (χ4v) is 3.15.